The highest BCUT2D eigenvalue weighted by atomic mass is 35.5. The summed E-state index contributed by atoms with van der Waals surface area (Å²) in [5.41, 5.74) is 2.42. The summed E-state index contributed by atoms with van der Waals surface area (Å²) in [5, 5.41) is 13.3. The molecule has 0 spiro atoms. The maximum absolute atomic E-state index is 10.8. The van der Waals surface area contributed by atoms with Gasteiger partial charge in [-0.05, 0) is 41.9 Å². The van der Waals surface area contributed by atoms with Crippen molar-refractivity contribution in [2.24, 2.45) is 0 Å². The Morgan fingerprint density at radius 1 is 1.33 bits per heavy atom. The zero-order valence-corrected chi connectivity index (χ0v) is 12.8. The molecule has 6 heteroatoms. The van der Waals surface area contributed by atoms with Gasteiger partial charge in [0.15, 0.2) is 0 Å². The summed E-state index contributed by atoms with van der Waals surface area (Å²) in [4.78, 5) is 10.8. The lowest BCUT2D eigenvalue weighted by atomic mass is 9.92. The van der Waals surface area contributed by atoms with Crippen LogP contribution in [0.1, 0.15) is 34.9 Å². The molecule has 2 aromatic rings. The summed E-state index contributed by atoms with van der Waals surface area (Å²) < 4.78 is 4.77. The minimum Gasteiger partial charge on any atom is -0.475 e. The van der Waals surface area contributed by atoms with Crippen molar-refractivity contribution in [3.63, 3.8) is 0 Å². The molecule has 3 rings (SSSR count). The first kappa shape index (κ1) is 14.5. The normalized spacial score (nSPS) is 16.0. The Hall–Kier alpha value is -1.46. The van der Waals surface area contributed by atoms with Crippen molar-refractivity contribution in [3.8, 4) is 11.3 Å². The SMILES string of the molecule is O=C(O)c1cc(-c2ccc(C3CCSCC3)c(Cl)c2)no1. The van der Waals surface area contributed by atoms with Crippen molar-refractivity contribution in [2.75, 3.05) is 11.5 Å². The van der Waals surface area contributed by atoms with Crippen LogP contribution in [0.2, 0.25) is 5.02 Å². The van der Waals surface area contributed by atoms with E-state index in [1.165, 1.54) is 23.1 Å². The molecule has 0 amide bonds. The van der Waals surface area contributed by atoms with Crippen molar-refractivity contribution in [1.82, 2.24) is 5.16 Å². The molecule has 0 unspecified atom stereocenters. The fourth-order valence-corrected chi connectivity index (χ4v) is 3.98. The van der Waals surface area contributed by atoms with Crippen LogP contribution < -0.4 is 0 Å². The number of carbonyl (C=O) groups is 1. The van der Waals surface area contributed by atoms with Gasteiger partial charge in [0.2, 0.25) is 5.76 Å². The van der Waals surface area contributed by atoms with Crippen molar-refractivity contribution in [1.29, 1.82) is 0 Å². The summed E-state index contributed by atoms with van der Waals surface area (Å²) in [6.45, 7) is 0. The summed E-state index contributed by atoms with van der Waals surface area (Å²) in [6, 6.07) is 7.19. The van der Waals surface area contributed by atoms with E-state index in [9.17, 15) is 4.79 Å². The minimum absolute atomic E-state index is 0.172. The number of hydrogen-bond donors (Lipinski definition) is 1. The number of rotatable bonds is 3. The van der Waals surface area contributed by atoms with Gasteiger partial charge in [0.05, 0.1) is 0 Å². The van der Waals surface area contributed by atoms with Crippen LogP contribution in [0.3, 0.4) is 0 Å². The standard InChI is InChI=1S/C15H14ClNO3S/c16-12-7-10(13-8-14(15(18)19)20-17-13)1-2-11(12)9-3-5-21-6-4-9/h1-2,7-9H,3-6H2,(H,18,19). The number of thioether (sulfide) groups is 1. The topological polar surface area (TPSA) is 63.3 Å². The predicted octanol–water partition coefficient (Wildman–Crippen LogP) is 4.30. The first-order valence-corrected chi connectivity index (χ1v) is 8.26. The lowest BCUT2D eigenvalue weighted by Crippen LogP contribution is -2.08. The van der Waals surface area contributed by atoms with Crippen LogP contribution in [0, 0.1) is 0 Å². The highest BCUT2D eigenvalue weighted by molar-refractivity contribution is 7.99. The fourth-order valence-electron chi connectivity index (χ4n) is 2.54. The lowest BCUT2D eigenvalue weighted by molar-refractivity contribution is 0.0652. The zero-order valence-electron chi connectivity index (χ0n) is 11.2. The van der Waals surface area contributed by atoms with E-state index in [0.29, 0.717) is 16.6 Å². The van der Waals surface area contributed by atoms with Gasteiger partial charge in [-0.2, -0.15) is 11.8 Å². The van der Waals surface area contributed by atoms with Crippen molar-refractivity contribution in [2.45, 2.75) is 18.8 Å². The minimum atomic E-state index is -1.13. The molecule has 0 radical (unpaired) electrons. The molecular formula is C15H14ClNO3S. The van der Waals surface area contributed by atoms with E-state index in [0.717, 1.165) is 18.4 Å². The quantitative estimate of drug-likeness (QED) is 0.912. The number of carboxylic acid groups (broad SMARTS) is 1. The molecule has 2 heterocycles. The van der Waals surface area contributed by atoms with Gasteiger partial charge in [-0.25, -0.2) is 4.79 Å². The number of benzene rings is 1. The van der Waals surface area contributed by atoms with E-state index in [1.54, 1.807) is 0 Å². The maximum Gasteiger partial charge on any atom is 0.374 e. The summed E-state index contributed by atoms with van der Waals surface area (Å²) in [5.74, 6) is 1.56. The van der Waals surface area contributed by atoms with E-state index in [1.807, 2.05) is 30.0 Å². The second-order valence-corrected chi connectivity index (χ2v) is 6.64. The molecular weight excluding hydrogens is 310 g/mol. The molecule has 1 aliphatic rings. The fraction of sp³-hybridized carbons (Fsp3) is 0.333. The summed E-state index contributed by atoms with van der Waals surface area (Å²) in [7, 11) is 0. The predicted molar refractivity (Wildman–Crippen MR) is 83.2 cm³/mol. The first-order chi connectivity index (χ1) is 10.1. The van der Waals surface area contributed by atoms with Gasteiger partial charge >= 0.3 is 5.97 Å². The molecule has 0 saturated carbocycles. The van der Waals surface area contributed by atoms with Crippen LogP contribution in [0.25, 0.3) is 11.3 Å². The van der Waals surface area contributed by atoms with Crippen molar-refractivity contribution >= 4 is 29.3 Å². The lowest BCUT2D eigenvalue weighted by Gasteiger charge is -2.22. The van der Waals surface area contributed by atoms with Gasteiger partial charge in [0, 0.05) is 16.7 Å². The Morgan fingerprint density at radius 3 is 2.71 bits per heavy atom. The van der Waals surface area contributed by atoms with Gasteiger partial charge < -0.3 is 9.63 Å². The van der Waals surface area contributed by atoms with Gasteiger partial charge in [-0.15, -0.1) is 0 Å². The van der Waals surface area contributed by atoms with E-state index in [4.69, 9.17) is 21.2 Å². The molecule has 1 aromatic carbocycles. The van der Waals surface area contributed by atoms with Crippen LogP contribution in [0.15, 0.2) is 28.8 Å². The second kappa shape index (κ2) is 6.12. The third-order valence-corrected chi connectivity index (χ3v) is 5.05. The third kappa shape index (κ3) is 3.09. The van der Waals surface area contributed by atoms with Crippen LogP contribution in [-0.4, -0.2) is 27.7 Å². The first-order valence-electron chi connectivity index (χ1n) is 6.72. The van der Waals surface area contributed by atoms with Gasteiger partial charge in [-0.3, -0.25) is 0 Å². The molecule has 1 aromatic heterocycles. The molecule has 1 N–H and O–H groups in total. The molecule has 4 nitrogen and oxygen atoms in total. The number of aromatic carboxylic acids is 1. The van der Waals surface area contributed by atoms with Crippen LogP contribution in [-0.2, 0) is 0 Å². The smallest absolute Gasteiger partial charge is 0.374 e. The van der Waals surface area contributed by atoms with Gasteiger partial charge in [0.1, 0.15) is 5.69 Å². The van der Waals surface area contributed by atoms with Crippen LogP contribution >= 0.6 is 23.4 Å². The van der Waals surface area contributed by atoms with Gasteiger partial charge in [0.25, 0.3) is 0 Å². The molecule has 1 saturated heterocycles. The Bertz CT molecular complexity index is 665. The van der Waals surface area contributed by atoms with E-state index in [-0.39, 0.29) is 5.76 Å². The Balaban J connectivity index is 1.87. The van der Waals surface area contributed by atoms with E-state index in [2.05, 4.69) is 5.16 Å². The largest absolute Gasteiger partial charge is 0.475 e. The highest BCUT2D eigenvalue weighted by Crippen LogP contribution is 2.37. The Labute approximate surface area is 131 Å². The monoisotopic (exact) mass is 323 g/mol. The molecule has 1 aliphatic heterocycles. The Kier molecular flexibility index (Phi) is 4.22. The number of aromatic nitrogens is 1. The average molecular weight is 324 g/mol. The summed E-state index contributed by atoms with van der Waals surface area (Å²) >= 11 is 8.38. The highest BCUT2D eigenvalue weighted by Gasteiger charge is 2.19. The Morgan fingerprint density at radius 2 is 2.10 bits per heavy atom. The van der Waals surface area contributed by atoms with Crippen LogP contribution in [0.4, 0.5) is 0 Å². The zero-order chi connectivity index (χ0) is 14.8. The average Bonchev–Trinajstić information content (AvgIpc) is 2.98. The molecule has 0 bridgehead atoms. The van der Waals surface area contributed by atoms with Gasteiger partial charge in [-0.1, -0.05) is 28.9 Å². The maximum atomic E-state index is 10.8. The molecule has 0 aliphatic carbocycles. The number of halogens is 1. The summed E-state index contributed by atoms with van der Waals surface area (Å²) in [6.07, 6.45) is 2.30. The van der Waals surface area contributed by atoms with E-state index >= 15 is 0 Å². The van der Waals surface area contributed by atoms with Crippen molar-refractivity contribution < 1.29 is 14.4 Å². The number of carboxylic acids is 1. The molecule has 0 atom stereocenters. The molecule has 1 fully saturated rings. The van der Waals surface area contributed by atoms with Crippen LogP contribution in [0.5, 0.6) is 0 Å². The van der Waals surface area contributed by atoms with E-state index < -0.39 is 5.97 Å². The third-order valence-electron chi connectivity index (χ3n) is 3.68. The number of nitrogens with zero attached hydrogens (tertiary/aromatic N) is 1. The molecule has 110 valence electrons. The van der Waals surface area contributed by atoms with Crippen molar-refractivity contribution in [3.05, 3.63) is 40.6 Å². The second-order valence-electron chi connectivity index (χ2n) is 5.00. The molecule has 21 heavy (non-hydrogen) atoms. The number of hydrogen-bond acceptors (Lipinski definition) is 4.